The summed E-state index contributed by atoms with van der Waals surface area (Å²) in [5.74, 6) is 0.502. The molecule has 1 saturated carbocycles. The summed E-state index contributed by atoms with van der Waals surface area (Å²) < 4.78 is 0. The number of piperidine rings is 1. The van der Waals surface area contributed by atoms with Gasteiger partial charge in [0.1, 0.15) is 0 Å². The molecule has 202 valence electrons. The van der Waals surface area contributed by atoms with Gasteiger partial charge in [-0.3, -0.25) is 4.79 Å². The van der Waals surface area contributed by atoms with Crippen molar-refractivity contribution in [1.29, 1.82) is 0 Å². The number of carbonyl (C=O) groups excluding carboxylic acids is 2. The van der Waals surface area contributed by atoms with Gasteiger partial charge >= 0.3 is 6.03 Å². The molecule has 1 aromatic rings. The standard InChI is InChI=1S/C28H45ClN4O3/c1-30-19-25(17-21-9-4-3-5-10-21)32-27(35)33-16-8-12-23(20-33)28(36,15-7-14-26(34)31-2)22-11-6-13-24(29)18-22/h6,11,13,18,21,23,25,30,36H,3-5,7-10,12,14-17,19-20H2,1-2H3,(H,31,34)(H,32,35)/t23-,25?,28-/m1/s1. The molecule has 1 saturated heterocycles. The second kappa shape index (κ2) is 14.2. The average Bonchev–Trinajstić information content (AvgIpc) is 2.89. The Bertz CT molecular complexity index is 848. The summed E-state index contributed by atoms with van der Waals surface area (Å²) >= 11 is 6.29. The van der Waals surface area contributed by atoms with E-state index in [2.05, 4.69) is 16.0 Å². The van der Waals surface area contributed by atoms with Crippen LogP contribution < -0.4 is 16.0 Å². The van der Waals surface area contributed by atoms with Crippen molar-refractivity contribution in [2.24, 2.45) is 11.8 Å². The van der Waals surface area contributed by atoms with Crippen molar-refractivity contribution in [1.82, 2.24) is 20.9 Å². The molecule has 1 aliphatic carbocycles. The fourth-order valence-corrected chi connectivity index (χ4v) is 6.26. The quantitative estimate of drug-likeness (QED) is 0.347. The van der Waals surface area contributed by atoms with E-state index in [0.717, 1.165) is 31.4 Å². The van der Waals surface area contributed by atoms with Crippen molar-refractivity contribution >= 4 is 23.5 Å². The molecule has 0 aromatic heterocycles. The summed E-state index contributed by atoms with van der Waals surface area (Å²) in [4.78, 5) is 27.1. The van der Waals surface area contributed by atoms with E-state index in [4.69, 9.17) is 11.6 Å². The van der Waals surface area contributed by atoms with Crippen molar-refractivity contribution in [2.45, 2.75) is 82.3 Å². The number of urea groups is 1. The van der Waals surface area contributed by atoms with Gasteiger partial charge in [-0.05, 0) is 62.8 Å². The van der Waals surface area contributed by atoms with Crippen molar-refractivity contribution in [3.63, 3.8) is 0 Å². The van der Waals surface area contributed by atoms with Crippen LogP contribution in [0, 0.1) is 11.8 Å². The van der Waals surface area contributed by atoms with Crippen LogP contribution in [0.5, 0.6) is 0 Å². The molecule has 8 heteroatoms. The number of benzene rings is 1. The zero-order valence-electron chi connectivity index (χ0n) is 22.0. The zero-order chi connectivity index (χ0) is 26.0. The van der Waals surface area contributed by atoms with Crippen LogP contribution in [0.15, 0.2) is 24.3 Å². The van der Waals surface area contributed by atoms with Crippen LogP contribution in [0.1, 0.15) is 76.2 Å². The van der Waals surface area contributed by atoms with Crippen molar-refractivity contribution < 1.29 is 14.7 Å². The average molecular weight is 521 g/mol. The monoisotopic (exact) mass is 520 g/mol. The highest BCUT2D eigenvalue weighted by Gasteiger charge is 2.41. The Morgan fingerprint density at radius 2 is 1.94 bits per heavy atom. The maximum atomic E-state index is 13.4. The number of carbonyl (C=O) groups is 2. The number of hydrogen-bond donors (Lipinski definition) is 4. The minimum atomic E-state index is -1.16. The van der Waals surface area contributed by atoms with Gasteiger partial charge in [0.15, 0.2) is 0 Å². The molecule has 0 spiro atoms. The number of likely N-dealkylation sites (tertiary alicyclic amines) is 1. The first-order valence-electron chi connectivity index (χ1n) is 13.7. The highest BCUT2D eigenvalue weighted by Crippen LogP contribution is 2.40. The Kier molecular flexibility index (Phi) is 11.3. The minimum Gasteiger partial charge on any atom is -0.385 e. The maximum Gasteiger partial charge on any atom is 0.317 e. The molecule has 1 aliphatic heterocycles. The predicted molar refractivity (Wildman–Crippen MR) is 145 cm³/mol. The first kappa shape index (κ1) is 28.7. The Hall–Kier alpha value is -1.83. The number of likely N-dealkylation sites (N-methyl/N-ethyl adjacent to an activating group) is 1. The Morgan fingerprint density at radius 3 is 2.64 bits per heavy atom. The molecule has 2 aliphatic rings. The molecule has 1 unspecified atom stereocenters. The molecule has 2 fully saturated rings. The molecule has 0 radical (unpaired) electrons. The van der Waals surface area contributed by atoms with Crippen LogP contribution in [0.4, 0.5) is 4.79 Å². The lowest BCUT2D eigenvalue weighted by Gasteiger charge is -2.43. The van der Waals surface area contributed by atoms with E-state index >= 15 is 0 Å². The molecule has 4 N–H and O–H groups in total. The van der Waals surface area contributed by atoms with Gasteiger partial charge in [-0.25, -0.2) is 4.79 Å². The fraction of sp³-hybridized carbons (Fsp3) is 0.714. The van der Waals surface area contributed by atoms with Crippen molar-refractivity contribution in [3.05, 3.63) is 34.9 Å². The number of rotatable bonds is 11. The smallest absolute Gasteiger partial charge is 0.317 e. The molecule has 1 heterocycles. The van der Waals surface area contributed by atoms with Gasteiger partial charge in [0.2, 0.25) is 5.91 Å². The van der Waals surface area contributed by atoms with Crippen LogP contribution in [-0.2, 0) is 10.4 Å². The first-order valence-corrected chi connectivity index (χ1v) is 14.1. The van der Waals surface area contributed by atoms with E-state index in [1.165, 1.54) is 32.1 Å². The van der Waals surface area contributed by atoms with Gasteiger partial charge in [-0.15, -0.1) is 0 Å². The third kappa shape index (κ3) is 8.09. The van der Waals surface area contributed by atoms with E-state index in [9.17, 15) is 14.7 Å². The highest BCUT2D eigenvalue weighted by molar-refractivity contribution is 6.30. The number of nitrogens with zero attached hydrogens (tertiary/aromatic N) is 1. The Morgan fingerprint density at radius 1 is 1.17 bits per heavy atom. The van der Waals surface area contributed by atoms with Crippen LogP contribution in [0.3, 0.4) is 0 Å². The third-order valence-electron chi connectivity index (χ3n) is 8.07. The van der Waals surface area contributed by atoms with Gasteiger partial charge < -0.3 is 26.0 Å². The predicted octanol–water partition coefficient (Wildman–Crippen LogP) is 4.42. The van der Waals surface area contributed by atoms with E-state index in [-0.39, 0.29) is 23.9 Å². The molecule has 3 rings (SSSR count). The fourth-order valence-electron chi connectivity index (χ4n) is 6.07. The SMILES string of the molecule is CNCC(CC1CCCCC1)NC(=O)N1CCC[C@@H]([C@@](O)(CCCC(=O)NC)c2cccc(Cl)c2)C1. The summed E-state index contributed by atoms with van der Waals surface area (Å²) in [6.07, 6.45) is 10.4. The lowest BCUT2D eigenvalue weighted by molar-refractivity contribution is -0.121. The molecular weight excluding hydrogens is 476 g/mol. The summed E-state index contributed by atoms with van der Waals surface area (Å²) in [6.45, 7) is 1.91. The Balaban J connectivity index is 1.69. The molecule has 3 atom stereocenters. The largest absolute Gasteiger partial charge is 0.385 e. The number of aliphatic hydroxyl groups is 1. The molecular formula is C28H45ClN4O3. The third-order valence-corrected chi connectivity index (χ3v) is 8.30. The zero-order valence-corrected chi connectivity index (χ0v) is 22.8. The molecule has 3 amide bonds. The summed E-state index contributed by atoms with van der Waals surface area (Å²) in [5, 5.41) is 21.8. The molecule has 0 bridgehead atoms. The molecule has 1 aromatic carbocycles. The van der Waals surface area contributed by atoms with E-state index in [1.807, 2.05) is 30.1 Å². The number of nitrogens with one attached hydrogen (secondary N) is 3. The normalized spacial score (nSPS) is 21.4. The van der Waals surface area contributed by atoms with Crippen molar-refractivity contribution in [2.75, 3.05) is 33.7 Å². The second-order valence-corrected chi connectivity index (χ2v) is 11.1. The number of amides is 3. The maximum absolute atomic E-state index is 13.4. The first-order chi connectivity index (χ1) is 17.4. The van der Waals surface area contributed by atoms with Gasteiger partial charge in [0.05, 0.1) is 5.60 Å². The molecule has 7 nitrogen and oxygen atoms in total. The topological polar surface area (TPSA) is 93.7 Å². The lowest BCUT2D eigenvalue weighted by atomic mass is 9.74. The van der Waals surface area contributed by atoms with E-state index in [0.29, 0.717) is 43.3 Å². The van der Waals surface area contributed by atoms with Gasteiger partial charge in [0, 0.05) is 50.1 Å². The Labute approximate surface area is 221 Å². The summed E-state index contributed by atoms with van der Waals surface area (Å²) in [7, 11) is 3.56. The highest BCUT2D eigenvalue weighted by atomic mass is 35.5. The lowest BCUT2D eigenvalue weighted by Crippen LogP contribution is -2.54. The second-order valence-electron chi connectivity index (χ2n) is 10.7. The summed E-state index contributed by atoms with van der Waals surface area (Å²) in [6, 6.07) is 7.42. The van der Waals surface area contributed by atoms with E-state index in [1.54, 1.807) is 13.1 Å². The molecule has 36 heavy (non-hydrogen) atoms. The van der Waals surface area contributed by atoms with Crippen LogP contribution in [0.2, 0.25) is 5.02 Å². The van der Waals surface area contributed by atoms with Gasteiger partial charge in [-0.2, -0.15) is 0 Å². The van der Waals surface area contributed by atoms with Crippen LogP contribution >= 0.6 is 11.6 Å². The summed E-state index contributed by atoms with van der Waals surface area (Å²) in [5.41, 5.74) is -0.408. The van der Waals surface area contributed by atoms with Crippen molar-refractivity contribution in [3.8, 4) is 0 Å². The van der Waals surface area contributed by atoms with Crippen LogP contribution in [-0.4, -0.2) is 61.7 Å². The van der Waals surface area contributed by atoms with E-state index < -0.39 is 5.60 Å². The van der Waals surface area contributed by atoms with Gasteiger partial charge in [-0.1, -0.05) is 55.8 Å². The number of halogens is 1. The van der Waals surface area contributed by atoms with Gasteiger partial charge in [0.25, 0.3) is 0 Å². The number of hydrogen-bond acceptors (Lipinski definition) is 4. The minimum absolute atomic E-state index is 0.0402. The van der Waals surface area contributed by atoms with Crippen LogP contribution in [0.25, 0.3) is 0 Å².